The van der Waals surface area contributed by atoms with E-state index in [4.69, 9.17) is 0 Å². The summed E-state index contributed by atoms with van der Waals surface area (Å²) >= 11 is 3.65. The van der Waals surface area contributed by atoms with Crippen molar-refractivity contribution in [2.24, 2.45) is 0 Å². The molecule has 0 amide bonds. The molecule has 2 heterocycles. The first-order valence-corrected chi connectivity index (χ1v) is 8.25. The van der Waals surface area contributed by atoms with Gasteiger partial charge in [0.25, 0.3) is 0 Å². The van der Waals surface area contributed by atoms with Gasteiger partial charge in [-0.2, -0.15) is 5.10 Å². The molecule has 0 bridgehead atoms. The summed E-state index contributed by atoms with van der Waals surface area (Å²) in [5, 5.41) is 8.07. The van der Waals surface area contributed by atoms with Crippen LogP contribution in [0.4, 0.5) is 0 Å². The summed E-state index contributed by atoms with van der Waals surface area (Å²) in [7, 11) is 0. The van der Waals surface area contributed by atoms with E-state index in [2.05, 4.69) is 62.0 Å². The van der Waals surface area contributed by atoms with Gasteiger partial charge >= 0.3 is 0 Å². The highest BCUT2D eigenvalue weighted by Crippen LogP contribution is 2.29. The third-order valence-corrected chi connectivity index (χ3v) is 4.00. The minimum absolute atomic E-state index is 0.124. The molecule has 0 aliphatic heterocycles. The minimum atomic E-state index is 0.124. The highest BCUT2D eigenvalue weighted by Gasteiger charge is 2.21. The van der Waals surface area contributed by atoms with E-state index in [9.17, 15) is 0 Å². The van der Waals surface area contributed by atoms with E-state index >= 15 is 0 Å². The molecule has 1 unspecified atom stereocenters. The van der Waals surface area contributed by atoms with Gasteiger partial charge in [0.15, 0.2) is 0 Å². The fourth-order valence-electron chi connectivity index (χ4n) is 2.66. The Hall–Kier alpha value is -1.20. The van der Waals surface area contributed by atoms with Gasteiger partial charge in [0, 0.05) is 17.9 Å². The molecule has 0 aromatic carbocycles. The van der Waals surface area contributed by atoms with Gasteiger partial charge in [-0.05, 0) is 60.4 Å². The normalized spacial score (nSPS) is 12.6. The average Bonchev–Trinajstić information content (AvgIpc) is 2.77. The predicted octanol–water partition coefficient (Wildman–Crippen LogP) is 3.77. The van der Waals surface area contributed by atoms with Gasteiger partial charge in [0.05, 0.1) is 22.4 Å². The lowest BCUT2D eigenvalue weighted by atomic mass is 10.0. The average molecular weight is 351 g/mol. The molecule has 0 saturated heterocycles. The van der Waals surface area contributed by atoms with E-state index in [0.29, 0.717) is 0 Å². The molecule has 1 N–H and O–H groups in total. The minimum Gasteiger partial charge on any atom is -0.305 e. The second-order valence-electron chi connectivity index (χ2n) is 5.27. The molecule has 0 aliphatic rings. The van der Waals surface area contributed by atoms with Crippen LogP contribution in [0.1, 0.15) is 49.0 Å². The Morgan fingerprint density at radius 2 is 1.90 bits per heavy atom. The topological polar surface area (TPSA) is 42.7 Å². The monoisotopic (exact) mass is 350 g/mol. The lowest BCUT2D eigenvalue weighted by molar-refractivity contribution is 0.518. The Labute approximate surface area is 135 Å². The van der Waals surface area contributed by atoms with Crippen LogP contribution in [0.25, 0.3) is 0 Å². The molecule has 2 aromatic rings. The maximum absolute atomic E-state index is 4.49. The van der Waals surface area contributed by atoms with E-state index in [1.165, 1.54) is 11.3 Å². The van der Waals surface area contributed by atoms with Crippen molar-refractivity contribution < 1.29 is 0 Å². The van der Waals surface area contributed by atoms with Crippen molar-refractivity contribution in [3.8, 4) is 0 Å². The summed E-state index contributed by atoms with van der Waals surface area (Å²) in [5.41, 5.74) is 4.51. The van der Waals surface area contributed by atoms with E-state index < -0.39 is 0 Å². The smallest absolute Gasteiger partial charge is 0.0761 e. The van der Waals surface area contributed by atoms with E-state index in [0.717, 1.165) is 35.4 Å². The number of aromatic nitrogens is 3. The van der Waals surface area contributed by atoms with Crippen LogP contribution < -0.4 is 5.32 Å². The van der Waals surface area contributed by atoms with Gasteiger partial charge in [0.2, 0.25) is 0 Å². The molecule has 114 valence electrons. The summed E-state index contributed by atoms with van der Waals surface area (Å²) < 4.78 is 3.14. The molecule has 5 heteroatoms. The Kier molecular flexibility index (Phi) is 5.53. The van der Waals surface area contributed by atoms with Crippen LogP contribution in [0.5, 0.6) is 0 Å². The second kappa shape index (κ2) is 7.18. The lowest BCUT2D eigenvalue weighted by Crippen LogP contribution is -2.25. The largest absolute Gasteiger partial charge is 0.305 e. The van der Waals surface area contributed by atoms with Crippen molar-refractivity contribution in [2.45, 2.75) is 46.7 Å². The zero-order valence-corrected chi connectivity index (χ0v) is 14.7. The SMILES string of the molecule is CCCn1ncc(Br)c1C(NCC)c1cc(C)nc(C)c1. The van der Waals surface area contributed by atoms with E-state index in [-0.39, 0.29) is 6.04 Å². The molecule has 0 spiro atoms. The zero-order chi connectivity index (χ0) is 15.4. The third kappa shape index (κ3) is 3.71. The molecule has 0 saturated carbocycles. The summed E-state index contributed by atoms with van der Waals surface area (Å²) in [6.07, 6.45) is 2.95. The van der Waals surface area contributed by atoms with E-state index in [1.807, 2.05) is 20.0 Å². The highest BCUT2D eigenvalue weighted by atomic mass is 79.9. The van der Waals surface area contributed by atoms with Gasteiger partial charge in [-0.15, -0.1) is 0 Å². The van der Waals surface area contributed by atoms with Crippen molar-refractivity contribution in [1.82, 2.24) is 20.1 Å². The first kappa shape index (κ1) is 16.2. The second-order valence-corrected chi connectivity index (χ2v) is 6.13. The molecule has 0 radical (unpaired) electrons. The molecular weight excluding hydrogens is 328 g/mol. The van der Waals surface area contributed by atoms with Crippen LogP contribution in [0.15, 0.2) is 22.8 Å². The summed E-state index contributed by atoms with van der Waals surface area (Å²) in [6, 6.07) is 4.42. The van der Waals surface area contributed by atoms with E-state index in [1.54, 1.807) is 0 Å². The first-order chi connectivity index (χ1) is 10.1. The maximum Gasteiger partial charge on any atom is 0.0761 e. The van der Waals surface area contributed by atoms with Crippen molar-refractivity contribution >= 4 is 15.9 Å². The standard InChI is InChI=1S/C16H23BrN4/c1-5-7-21-16(14(17)10-19-21)15(18-6-2)13-8-11(3)20-12(4)9-13/h8-10,15,18H,5-7H2,1-4H3. The van der Waals surface area contributed by atoms with Crippen LogP contribution in [0, 0.1) is 13.8 Å². The number of aryl methyl sites for hydroxylation is 3. The molecule has 0 aliphatic carbocycles. The highest BCUT2D eigenvalue weighted by molar-refractivity contribution is 9.10. The molecule has 4 nitrogen and oxygen atoms in total. The van der Waals surface area contributed by atoms with Gasteiger partial charge in [-0.3, -0.25) is 9.67 Å². The third-order valence-electron chi connectivity index (χ3n) is 3.39. The number of hydrogen-bond donors (Lipinski definition) is 1. The van der Waals surface area contributed by atoms with Crippen molar-refractivity contribution in [3.63, 3.8) is 0 Å². The Balaban J connectivity index is 2.50. The van der Waals surface area contributed by atoms with Gasteiger partial charge in [-0.1, -0.05) is 13.8 Å². The Morgan fingerprint density at radius 1 is 1.24 bits per heavy atom. The summed E-state index contributed by atoms with van der Waals surface area (Å²) in [4.78, 5) is 4.48. The van der Waals surface area contributed by atoms with Gasteiger partial charge in [0.1, 0.15) is 0 Å². The summed E-state index contributed by atoms with van der Waals surface area (Å²) in [5.74, 6) is 0. The van der Waals surface area contributed by atoms with Crippen LogP contribution in [-0.4, -0.2) is 21.3 Å². The maximum atomic E-state index is 4.49. The lowest BCUT2D eigenvalue weighted by Gasteiger charge is -2.21. The number of rotatable bonds is 6. The predicted molar refractivity (Wildman–Crippen MR) is 89.4 cm³/mol. The molecular formula is C16H23BrN4. The first-order valence-electron chi connectivity index (χ1n) is 7.46. The van der Waals surface area contributed by atoms with Crippen LogP contribution >= 0.6 is 15.9 Å². The Bertz CT molecular complexity index is 586. The van der Waals surface area contributed by atoms with Crippen molar-refractivity contribution in [1.29, 1.82) is 0 Å². The molecule has 21 heavy (non-hydrogen) atoms. The fourth-order valence-corrected chi connectivity index (χ4v) is 3.18. The number of hydrogen-bond acceptors (Lipinski definition) is 3. The van der Waals surface area contributed by atoms with Gasteiger partial charge < -0.3 is 5.32 Å². The summed E-state index contributed by atoms with van der Waals surface area (Å²) in [6.45, 7) is 10.2. The molecule has 2 aromatic heterocycles. The molecule has 1 atom stereocenters. The van der Waals surface area contributed by atoms with Crippen molar-refractivity contribution in [2.75, 3.05) is 6.54 Å². The molecule has 2 rings (SSSR count). The quantitative estimate of drug-likeness (QED) is 0.862. The number of nitrogens with one attached hydrogen (secondary N) is 1. The van der Waals surface area contributed by atoms with Crippen LogP contribution in [-0.2, 0) is 6.54 Å². The fraction of sp³-hybridized carbons (Fsp3) is 0.500. The van der Waals surface area contributed by atoms with Gasteiger partial charge in [-0.25, -0.2) is 0 Å². The number of nitrogens with zero attached hydrogens (tertiary/aromatic N) is 3. The molecule has 0 fully saturated rings. The van der Waals surface area contributed by atoms with Crippen LogP contribution in [0.2, 0.25) is 0 Å². The Morgan fingerprint density at radius 3 is 2.48 bits per heavy atom. The zero-order valence-electron chi connectivity index (χ0n) is 13.2. The van der Waals surface area contributed by atoms with Crippen LogP contribution in [0.3, 0.4) is 0 Å². The van der Waals surface area contributed by atoms with Crippen molar-refractivity contribution in [3.05, 3.63) is 45.4 Å². The number of halogens is 1. The number of pyridine rings is 1.